The number of carbonyl (C=O) groups excluding carboxylic acids is 1. The predicted molar refractivity (Wildman–Crippen MR) is 105 cm³/mol. The lowest BCUT2D eigenvalue weighted by atomic mass is 10.1. The highest BCUT2D eigenvalue weighted by Gasteiger charge is 2.26. The number of aromatic nitrogens is 1. The molecule has 2 heterocycles. The molecule has 1 aromatic heterocycles. The number of halogens is 2. The Morgan fingerprint density at radius 1 is 1.11 bits per heavy atom. The lowest BCUT2D eigenvalue weighted by Crippen LogP contribution is -2.50. The molecule has 0 radical (unpaired) electrons. The summed E-state index contributed by atoms with van der Waals surface area (Å²) in [4.78, 5) is 20.4. The maximum absolute atomic E-state index is 13.2. The Balaban J connectivity index is 1.71. The molecule has 27 heavy (non-hydrogen) atoms. The van der Waals surface area contributed by atoms with Crippen LogP contribution in [0.25, 0.3) is 11.3 Å². The molecule has 3 rings (SSSR count). The molecule has 1 amide bonds. The first-order chi connectivity index (χ1) is 12.7. The van der Waals surface area contributed by atoms with Gasteiger partial charge in [-0.1, -0.05) is 11.6 Å². The SMILES string of the molecule is CC(C)(C)OC(=O)N1CCN(c2cc(Cl)nc(-c3ccc(F)cc3)c2)CC1. The number of carbonyl (C=O) groups is 1. The van der Waals surface area contributed by atoms with E-state index < -0.39 is 5.60 Å². The quantitative estimate of drug-likeness (QED) is 0.702. The Morgan fingerprint density at radius 2 is 1.74 bits per heavy atom. The molecular formula is C20H23ClFN3O2. The molecule has 1 aromatic carbocycles. The van der Waals surface area contributed by atoms with Crippen LogP contribution < -0.4 is 4.90 Å². The molecule has 0 saturated carbocycles. The fourth-order valence-electron chi connectivity index (χ4n) is 2.91. The Labute approximate surface area is 163 Å². The van der Waals surface area contributed by atoms with Crippen LogP contribution in [0.5, 0.6) is 0 Å². The maximum Gasteiger partial charge on any atom is 0.410 e. The molecule has 0 N–H and O–H groups in total. The van der Waals surface area contributed by atoms with E-state index in [0.717, 1.165) is 11.3 Å². The third-order valence-electron chi connectivity index (χ3n) is 4.22. The Morgan fingerprint density at radius 3 is 2.33 bits per heavy atom. The van der Waals surface area contributed by atoms with E-state index in [1.165, 1.54) is 12.1 Å². The highest BCUT2D eigenvalue weighted by molar-refractivity contribution is 6.29. The van der Waals surface area contributed by atoms with Crippen molar-refractivity contribution in [3.8, 4) is 11.3 Å². The normalized spacial score (nSPS) is 15.0. The van der Waals surface area contributed by atoms with Crippen molar-refractivity contribution in [3.05, 3.63) is 47.4 Å². The zero-order valence-electron chi connectivity index (χ0n) is 15.7. The monoisotopic (exact) mass is 391 g/mol. The highest BCUT2D eigenvalue weighted by atomic mass is 35.5. The second-order valence-electron chi connectivity index (χ2n) is 7.49. The number of benzene rings is 1. The van der Waals surface area contributed by atoms with E-state index in [1.807, 2.05) is 26.8 Å². The molecular weight excluding hydrogens is 369 g/mol. The van der Waals surface area contributed by atoms with Crippen LogP contribution in [-0.2, 0) is 4.74 Å². The molecule has 0 unspecified atom stereocenters. The minimum Gasteiger partial charge on any atom is -0.444 e. The molecule has 5 nitrogen and oxygen atoms in total. The molecule has 0 spiro atoms. The van der Waals surface area contributed by atoms with Crippen LogP contribution >= 0.6 is 11.6 Å². The van der Waals surface area contributed by atoms with E-state index in [1.54, 1.807) is 23.1 Å². The summed E-state index contributed by atoms with van der Waals surface area (Å²) >= 11 is 6.21. The van der Waals surface area contributed by atoms with Gasteiger partial charge in [-0.05, 0) is 57.2 Å². The van der Waals surface area contributed by atoms with E-state index in [2.05, 4.69) is 9.88 Å². The molecule has 0 aliphatic carbocycles. The summed E-state index contributed by atoms with van der Waals surface area (Å²) in [7, 11) is 0. The van der Waals surface area contributed by atoms with Crippen LogP contribution in [0.3, 0.4) is 0 Å². The molecule has 1 fully saturated rings. The van der Waals surface area contributed by atoms with E-state index in [9.17, 15) is 9.18 Å². The highest BCUT2D eigenvalue weighted by Crippen LogP contribution is 2.27. The smallest absolute Gasteiger partial charge is 0.410 e. The third-order valence-corrected chi connectivity index (χ3v) is 4.41. The summed E-state index contributed by atoms with van der Waals surface area (Å²) in [6.07, 6.45) is -0.290. The largest absolute Gasteiger partial charge is 0.444 e. The zero-order chi connectivity index (χ0) is 19.6. The average Bonchev–Trinajstić information content (AvgIpc) is 2.60. The second-order valence-corrected chi connectivity index (χ2v) is 7.88. The first kappa shape index (κ1) is 19.4. The van der Waals surface area contributed by atoms with Gasteiger partial charge in [0.25, 0.3) is 0 Å². The number of hydrogen-bond acceptors (Lipinski definition) is 4. The van der Waals surface area contributed by atoms with Crippen molar-refractivity contribution in [1.29, 1.82) is 0 Å². The van der Waals surface area contributed by atoms with Crippen molar-refractivity contribution in [3.63, 3.8) is 0 Å². The number of rotatable bonds is 2. The topological polar surface area (TPSA) is 45.7 Å². The van der Waals surface area contributed by atoms with Crippen LogP contribution in [0.15, 0.2) is 36.4 Å². The molecule has 2 aromatic rings. The Kier molecular flexibility index (Phi) is 5.56. The van der Waals surface area contributed by atoms with E-state index in [4.69, 9.17) is 16.3 Å². The van der Waals surface area contributed by atoms with E-state index >= 15 is 0 Å². The lowest BCUT2D eigenvalue weighted by molar-refractivity contribution is 0.0240. The minimum absolute atomic E-state index is 0.290. The summed E-state index contributed by atoms with van der Waals surface area (Å²) in [6, 6.07) is 9.89. The van der Waals surface area contributed by atoms with Gasteiger partial charge in [0.1, 0.15) is 16.6 Å². The summed E-state index contributed by atoms with van der Waals surface area (Å²) in [6.45, 7) is 8.05. The van der Waals surface area contributed by atoms with E-state index in [0.29, 0.717) is 37.0 Å². The Hall–Kier alpha value is -2.34. The summed E-state index contributed by atoms with van der Waals surface area (Å²) in [5.41, 5.74) is 1.91. The summed E-state index contributed by atoms with van der Waals surface area (Å²) in [5, 5.41) is 0.376. The van der Waals surface area contributed by atoms with Crippen molar-refractivity contribution < 1.29 is 13.9 Å². The van der Waals surface area contributed by atoms with Gasteiger partial charge in [-0.2, -0.15) is 0 Å². The molecule has 1 aliphatic heterocycles. The van der Waals surface area contributed by atoms with Crippen LogP contribution in [0.1, 0.15) is 20.8 Å². The van der Waals surface area contributed by atoms with Crippen LogP contribution in [0.4, 0.5) is 14.9 Å². The maximum atomic E-state index is 13.2. The first-order valence-electron chi connectivity index (χ1n) is 8.88. The number of amides is 1. The molecule has 0 bridgehead atoms. The third kappa shape index (κ3) is 5.10. The zero-order valence-corrected chi connectivity index (χ0v) is 16.5. The van der Waals surface area contributed by atoms with Crippen LogP contribution in [0, 0.1) is 5.82 Å². The van der Waals surface area contributed by atoms with Gasteiger partial charge < -0.3 is 14.5 Å². The van der Waals surface area contributed by atoms with Crippen LogP contribution in [0.2, 0.25) is 5.15 Å². The average molecular weight is 392 g/mol. The number of hydrogen-bond donors (Lipinski definition) is 0. The van der Waals surface area contributed by atoms with Gasteiger partial charge in [-0.3, -0.25) is 0 Å². The standard InChI is InChI=1S/C20H23ClFN3O2/c1-20(2,3)27-19(26)25-10-8-24(9-11-25)16-12-17(23-18(21)13-16)14-4-6-15(22)7-5-14/h4-7,12-13H,8-11H2,1-3H3. The summed E-state index contributed by atoms with van der Waals surface area (Å²) in [5.74, 6) is -0.292. The molecule has 144 valence electrons. The van der Waals surface area contributed by atoms with Crippen molar-refractivity contribution in [2.75, 3.05) is 31.1 Å². The van der Waals surface area contributed by atoms with Crippen molar-refractivity contribution >= 4 is 23.4 Å². The van der Waals surface area contributed by atoms with Gasteiger partial charge in [0.2, 0.25) is 0 Å². The van der Waals surface area contributed by atoms with Gasteiger partial charge in [0, 0.05) is 37.4 Å². The first-order valence-corrected chi connectivity index (χ1v) is 9.25. The number of pyridine rings is 1. The van der Waals surface area contributed by atoms with Crippen molar-refractivity contribution in [1.82, 2.24) is 9.88 Å². The number of piperazine rings is 1. The van der Waals surface area contributed by atoms with Gasteiger partial charge in [0.05, 0.1) is 5.69 Å². The van der Waals surface area contributed by atoms with Crippen molar-refractivity contribution in [2.24, 2.45) is 0 Å². The second kappa shape index (κ2) is 7.72. The molecule has 1 aliphatic rings. The Bertz CT molecular complexity index is 813. The number of ether oxygens (including phenoxy) is 1. The van der Waals surface area contributed by atoms with Gasteiger partial charge in [-0.15, -0.1) is 0 Å². The molecule has 7 heteroatoms. The fourth-order valence-corrected chi connectivity index (χ4v) is 3.11. The fraction of sp³-hybridized carbons (Fsp3) is 0.400. The lowest BCUT2D eigenvalue weighted by Gasteiger charge is -2.36. The number of nitrogens with zero attached hydrogens (tertiary/aromatic N) is 3. The number of anilines is 1. The molecule has 1 saturated heterocycles. The predicted octanol–water partition coefficient (Wildman–Crippen LogP) is 4.60. The van der Waals surface area contributed by atoms with Gasteiger partial charge >= 0.3 is 6.09 Å². The van der Waals surface area contributed by atoms with E-state index in [-0.39, 0.29) is 11.9 Å². The van der Waals surface area contributed by atoms with Gasteiger partial charge in [0.15, 0.2) is 0 Å². The molecule has 0 atom stereocenters. The summed E-state index contributed by atoms with van der Waals surface area (Å²) < 4.78 is 18.6. The van der Waals surface area contributed by atoms with Crippen molar-refractivity contribution in [2.45, 2.75) is 26.4 Å². The van der Waals surface area contributed by atoms with Crippen LogP contribution in [-0.4, -0.2) is 47.8 Å². The minimum atomic E-state index is -0.503. The van der Waals surface area contributed by atoms with Gasteiger partial charge in [-0.25, -0.2) is 14.2 Å².